The Hall–Kier alpha value is -2.82. The van der Waals surface area contributed by atoms with E-state index in [-0.39, 0.29) is 5.91 Å². The van der Waals surface area contributed by atoms with E-state index in [1.54, 1.807) is 6.07 Å². The van der Waals surface area contributed by atoms with Crippen molar-refractivity contribution in [2.24, 2.45) is 0 Å². The average molecular weight is 338 g/mol. The molecule has 5 nitrogen and oxygen atoms in total. The number of furan rings is 1. The van der Waals surface area contributed by atoms with E-state index in [1.807, 2.05) is 19.9 Å². The van der Waals surface area contributed by atoms with Crippen LogP contribution in [0.15, 0.2) is 45.3 Å². The first-order valence-electron chi connectivity index (χ1n) is 8.37. The van der Waals surface area contributed by atoms with Gasteiger partial charge in [-0.05, 0) is 44.9 Å². The van der Waals surface area contributed by atoms with Gasteiger partial charge < -0.3 is 14.3 Å². The standard InChI is InChI=1S/C20H22N2O3/c1-13-4-6-16(7-5-13)10-11-21-20(23)19-9-8-17(24-19)12-18-14(2)22-25-15(18)3/h4-9H,10-12H2,1-3H3,(H,21,23). The molecule has 0 aliphatic heterocycles. The van der Waals surface area contributed by atoms with Crippen LogP contribution in [-0.2, 0) is 12.8 Å². The molecule has 0 fully saturated rings. The fraction of sp³-hybridized carbons (Fsp3) is 0.300. The predicted molar refractivity (Wildman–Crippen MR) is 94.7 cm³/mol. The van der Waals surface area contributed by atoms with E-state index in [4.69, 9.17) is 8.94 Å². The molecule has 2 heterocycles. The third kappa shape index (κ3) is 4.18. The highest BCUT2D eigenvalue weighted by Gasteiger charge is 2.15. The van der Waals surface area contributed by atoms with Gasteiger partial charge in [-0.3, -0.25) is 4.79 Å². The van der Waals surface area contributed by atoms with Crippen LogP contribution in [0.5, 0.6) is 0 Å². The van der Waals surface area contributed by atoms with Crippen LogP contribution in [0.3, 0.4) is 0 Å². The Morgan fingerprint density at radius 2 is 1.84 bits per heavy atom. The third-order valence-corrected chi connectivity index (χ3v) is 4.24. The third-order valence-electron chi connectivity index (χ3n) is 4.24. The Kier molecular flexibility index (Phi) is 5.03. The quantitative estimate of drug-likeness (QED) is 0.743. The lowest BCUT2D eigenvalue weighted by Crippen LogP contribution is -2.25. The molecule has 1 aromatic carbocycles. The molecule has 1 amide bonds. The second-order valence-corrected chi connectivity index (χ2v) is 6.24. The molecule has 130 valence electrons. The molecular weight excluding hydrogens is 316 g/mol. The van der Waals surface area contributed by atoms with E-state index in [0.29, 0.717) is 18.7 Å². The molecule has 0 saturated carbocycles. The fourth-order valence-electron chi connectivity index (χ4n) is 2.69. The van der Waals surface area contributed by atoms with Crippen LogP contribution < -0.4 is 5.32 Å². The summed E-state index contributed by atoms with van der Waals surface area (Å²) in [6.45, 7) is 6.40. The molecule has 0 atom stereocenters. The van der Waals surface area contributed by atoms with E-state index in [1.165, 1.54) is 11.1 Å². The van der Waals surface area contributed by atoms with Crippen LogP contribution >= 0.6 is 0 Å². The Morgan fingerprint density at radius 1 is 1.08 bits per heavy atom. The first-order chi connectivity index (χ1) is 12.0. The fourth-order valence-corrected chi connectivity index (χ4v) is 2.69. The minimum absolute atomic E-state index is 0.197. The van der Waals surface area contributed by atoms with Crippen molar-refractivity contribution in [2.45, 2.75) is 33.6 Å². The van der Waals surface area contributed by atoms with Crippen molar-refractivity contribution >= 4 is 5.91 Å². The summed E-state index contributed by atoms with van der Waals surface area (Å²) >= 11 is 0. The molecular formula is C20H22N2O3. The number of nitrogens with one attached hydrogen (secondary N) is 1. The topological polar surface area (TPSA) is 68.3 Å². The molecule has 2 aromatic heterocycles. The molecule has 5 heteroatoms. The number of aromatic nitrogens is 1. The SMILES string of the molecule is Cc1ccc(CCNC(=O)c2ccc(Cc3c(C)noc3C)o2)cc1. The molecule has 1 N–H and O–H groups in total. The van der Waals surface area contributed by atoms with Gasteiger partial charge in [0.1, 0.15) is 11.5 Å². The van der Waals surface area contributed by atoms with Crippen LogP contribution in [0.25, 0.3) is 0 Å². The molecule has 0 saturated heterocycles. The summed E-state index contributed by atoms with van der Waals surface area (Å²) in [4.78, 5) is 12.2. The van der Waals surface area contributed by atoms with Crippen molar-refractivity contribution in [3.63, 3.8) is 0 Å². The summed E-state index contributed by atoms with van der Waals surface area (Å²) < 4.78 is 10.8. The molecule has 25 heavy (non-hydrogen) atoms. The lowest BCUT2D eigenvalue weighted by molar-refractivity contribution is 0.0925. The molecule has 0 aliphatic carbocycles. The Morgan fingerprint density at radius 3 is 2.52 bits per heavy atom. The number of carbonyl (C=O) groups excluding carboxylic acids is 1. The van der Waals surface area contributed by atoms with Gasteiger partial charge in [0.25, 0.3) is 5.91 Å². The highest BCUT2D eigenvalue weighted by Crippen LogP contribution is 2.19. The summed E-state index contributed by atoms with van der Waals surface area (Å²) in [5.74, 6) is 1.62. The van der Waals surface area contributed by atoms with Gasteiger partial charge in [0.05, 0.1) is 5.69 Å². The largest absolute Gasteiger partial charge is 0.456 e. The zero-order chi connectivity index (χ0) is 17.8. The zero-order valence-corrected chi connectivity index (χ0v) is 14.8. The summed E-state index contributed by atoms with van der Waals surface area (Å²) in [5.41, 5.74) is 4.28. The van der Waals surface area contributed by atoms with Gasteiger partial charge in [-0.15, -0.1) is 0 Å². The number of amides is 1. The van der Waals surface area contributed by atoms with Crippen LogP contribution in [0, 0.1) is 20.8 Å². The number of rotatable bonds is 6. The number of aryl methyl sites for hydroxylation is 3. The van der Waals surface area contributed by atoms with E-state index >= 15 is 0 Å². The highest BCUT2D eigenvalue weighted by atomic mass is 16.5. The van der Waals surface area contributed by atoms with E-state index < -0.39 is 0 Å². The lowest BCUT2D eigenvalue weighted by Gasteiger charge is -2.04. The summed E-state index contributed by atoms with van der Waals surface area (Å²) in [7, 11) is 0. The van der Waals surface area contributed by atoms with Crippen molar-refractivity contribution in [1.29, 1.82) is 0 Å². The maximum Gasteiger partial charge on any atom is 0.287 e. The van der Waals surface area contributed by atoms with Crippen LogP contribution in [0.4, 0.5) is 0 Å². The second kappa shape index (κ2) is 7.38. The van der Waals surface area contributed by atoms with Gasteiger partial charge in [0, 0.05) is 18.5 Å². The van der Waals surface area contributed by atoms with Gasteiger partial charge in [-0.2, -0.15) is 0 Å². The molecule has 0 aliphatic rings. The zero-order valence-electron chi connectivity index (χ0n) is 14.8. The first-order valence-corrected chi connectivity index (χ1v) is 8.37. The molecule has 0 bridgehead atoms. The Balaban J connectivity index is 1.54. The van der Waals surface area contributed by atoms with Gasteiger partial charge >= 0.3 is 0 Å². The molecule has 0 unspecified atom stereocenters. The van der Waals surface area contributed by atoms with Crippen LogP contribution in [-0.4, -0.2) is 17.6 Å². The summed E-state index contributed by atoms with van der Waals surface area (Å²) in [6.07, 6.45) is 1.36. The number of carbonyl (C=O) groups is 1. The predicted octanol–water partition coefficient (Wildman–Crippen LogP) is 3.76. The van der Waals surface area contributed by atoms with E-state index in [0.717, 1.165) is 29.2 Å². The van der Waals surface area contributed by atoms with Gasteiger partial charge in [0.2, 0.25) is 0 Å². The average Bonchev–Trinajstić information content (AvgIpc) is 3.19. The minimum atomic E-state index is -0.197. The smallest absolute Gasteiger partial charge is 0.287 e. The molecule has 3 aromatic rings. The van der Waals surface area contributed by atoms with Crippen molar-refractivity contribution in [3.05, 3.63) is 76.1 Å². The Bertz CT molecular complexity index is 840. The number of hydrogen-bond donors (Lipinski definition) is 1. The molecule has 0 spiro atoms. The number of nitrogens with zero attached hydrogens (tertiary/aromatic N) is 1. The van der Waals surface area contributed by atoms with Crippen LogP contribution in [0.1, 0.15) is 44.5 Å². The first kappa shape index (κ1) is 17.0. The monoisotopic (exact) mass is 338 g/mol. The molecule has 0 radical (unpaired) electrons. The van der Waals surface area contributed by atoms with Crippen molar-refractivity contribution in [2.75, 3.05) is 6.54 Å². The maximum absolute atomic E-state index is 12.2. The van der Waals surface area contributed by atoms with E-state index in [9.17, 15) is 4.79 Å². The molecule has 3 rings (SSSR count). The number of benzene rings is 1. The second-order valence-electron chi connectivity index (χ2n) is 6.24. The van der Waals surface area contributed by atoms with Crippen LogP contribution in [0.2, 0.25) is 0 Å². The van der Waals surface area contributed by atoms with Gasteiger partial charge in [-0.25, -0.2) is 0 Å². The van der Waals surface area contributed by atoms with E-state index in [2.05, 4.69) is 41.7 Å². The Labute approximate surface area is 147 Å². The highest BCUT2D eigenvalue weighted by molar-refractivity contribution is 5.91. The lowest BCUT2D eigenvalue weighted by atomic mass is 10.1. The van der Waals surface area contributed by atoms with Gasteiger partial charge in [0.15, 0.2) is 5.76 Å². The normalized spacial score (nSPS) is 10.8. The van der Waals surface area contributed by atoms with Crippen molar-refractivity contribution in [1.82, 2.24) is 10.5 Å². The summed E-state index contributed by atoms with van der Waals surface area (Å²) in [5, 5.41) is 6.83. The number of hydrogen-bond acceptors (Lipinski definition) is 4. The van der Waals surface area contributed by atoms with Crippen molar-refractivity contribution < 1.29 is 13.7 Å². The van der Waals surface area contributed by atoms with Gasteiger partial charge in [-0.1, -0.05) is 35.0 Å². The maximum atomic E-state index is 12.2. The van der Waals surface area contributed by atoms with Crippen molar-refractivity contribution in [3.8, 4) is 0 Å². The summed E-state index contributed by atoms with van der Waals surface area (Å²) in [6, 6.07) is 11.8. The minimum Gasteiger partial charge on any atom is -0.456 e.